The zero-order valence-corrected chi connectivity index (χ0v) is 24.5. The number of nitrogens with one attached hydrogen (secondary N) is 1. The lowest BCUT2D eigenvalue weighted by Crippen LogP contribution is -2.36. The minimum atomic E-state index is 0.0593. The van der Waals surface area contributed by atoms with Gasteiger partial charge in [-0.3, -0.25) is 19.7 Å². The maximum atomic E-state index is 13.6. The number of H-pyrrole nitrogens is 1. The summed E-state index contributed by atoms with van der Waals surface area (Å²) in [6.45, 7) is 14.4. The van der Waals surface area contributed by atoms with Gasteiger partial charge in [-0.05, 0) is 53.5 Å². The van der Waals surface area contributed by atoms with Crippen molar-refractivity contribution < 1.29 is 0 Å². The molecule has 4 aromatic rings. The number of fused-ring (bicyclic) bond motifs is 2. The molecule has 1 atom stereocenters. The van der Waals surface area contributed by atoms with Crippen molar-refractivity contribution in [1.82, 2.24) is 24.4 Å². The van der Waals surface area contributed by atoms with Gasteiger partial charge in [0.15, 0.2) is 5.65 Å². The number of aromatic nitrogens is 3. The fourth-order valence-corrected chi connectivity index (χ4v) is 6.39. The highest BCUT2D eigenvalue weighted by Gasteiger charge is 2.26. The maximum absolute atomic E-state index is 13.6. The van der Waals surface area contributed by atoms with Gasteiger partial charge in [-0.25, -0.2) is 9.50 Å². The van der Waals surface area contributed by atoms with Gasteiger partial charge >= 0.3 is 0 Å². The Balaban J connectivity index is 1.16. The van der Waals surface area contributed by atoms with E-state index in [4.69, 9.17) is 4.98 Å². The minimum Gasteiger partial charge on any atom is -0.298 e. The Kier molecular flexibility index (Phi) is 7.65. The second-order valence-electron chi connectivity index (χ2n) is 12.6. The van der Waals surface area contributed by atoms with Crippen LogP contribution in [-0.2, 0) is 26.1 Å². The molecule has 2 aromatic heterocycles. The van der Waals surface area contributed by atoms with E-state index >= 15 is 0 Å². The van der Waals surface area contributed by atoms with E-state index in [9.17, 15) is 4.79 Å². The van der Waals surface area contributed by atoms with Crippen LogP contribution in [0.2, 0.25) is 0 Å². The Labute approximate surface area is 238 Å². The third-order valence-electron chi connectivity index (χ3n) is 8.91. The average molecular weight is 538 g/mol. The molecule has 0 bridgehead atoms. The second kappa shape index (κ2) is 11.3. The van der Waals surface area contributed by atoms with Crippen LogP contribution in [0.25, 0.3) is 5.65 Å². The molecule has 2 aliphatic rings. The van der Waals surface area contributed by atoms with Crippen LogP contribution in [0.5, 0.6) is 0 Å². The number of nitrogens with zero attached hydrogens (tertiary/aromatic N) is 4. The van der Waals surface area contributed by atoms with E-state index in [1.807, 2.05) is 0 Å². The van der Waals surface area contributed by atoms with Crippen LogP contribution in [0.1, 0.15) is 97.5 Å². The highest BCUT2D eigenvalue weighted by Crippen LogP contribution is 2.28. The average Bonchev–Trinajstić information content (AvgIpc) is 3.39. The van der Waals surface area contributed by atoms with Crippen LogP contribution < -0.4 is 5.56 Å². The molecule has 4 heterocycles. The zero-order valence-electron chi connectivity index (χ0n) is 24.5. The zero-order chi connectivity index (χ0) is 27.8. The number of rotatable bonds is 7. The molecule has 2 aromatic carbocycles. The quantitative estimate of drug-likeness (QED) is 0.305. The molecule has 0 unspecified atom stereocenters. The smallest absolute Gasteiger partial charge is 0.277 e. The molecule has 6 rings (SSSR count). The van der Waals surface area contributed by atoms with Crippen molar-refractivity contribution in [1.29, 1.82) is 0 Å². The summed E-state index contributed by atoms with van der Waals surface area (Å²) in [4.78, 5) is 23.5. The number of piperidine rings is 1. The first-order valence-electron chi connectivity index (χ1n) is 15.1. The van der Waals surface area contributed by atoms with E-state index in [0.717, 1.165) is 74.6 Å². The predicted octanol–water partition coefficient (Wildman–Crippen LogP) is 6.21. The molecule has 210 valence electrons. The highest BCUT2D eigenvalue weighted by molar-refractivity contribution is 5.43. The van der Waals surface area contributed by atoms with E-state index in [1.165, 1.54) is 22.3 Å². The Hall–Kier alpha value is -3.22. The van der Waals surface area contributed by atoms with E-state index in [-0.39, 0.29) is 5.56 Å². The molecule has 6 heteroatoms. The van der Waals surface area contributed by atoms with Gasteiger partial charge in [0.2, 0.25) is 0 Å². The molecular weight excluding hydrogens is 494 g/mol. The van der Waals surface area contributed by atoms with Gasteiger partial charge in [0.1, 0.15) is 0 Å². The molecule has 0 amide bonds. The summed E-state index contributed by atoms with van der Waals surface area (Å²) < 4.78 is 1.69. The molecule has 1 N–H and O–H groups in total. The summed E-state index contributed by atoms with van der Waals surface area (Å²) in [5, 5.41) is 3.47. The predicted molar refractivity (Wildman–Crippen MR) is 162 cm³/mol. The van der Waals surface area contributed by atoms with Crippen LogP contribution in [0.4, 0.5) is 0 Å². The van der Waals surface area contributed by atoms with Crippen molar-refractivity contribution in [2.45, 2.75) is 84.3 Å². The Morgan fingerprint density at radius 1 is 0.875 bits per heavy atom. The number of hydrogen-bond acceptors (Lipinski definition) is 4. The Morgan fingerprint density at radius 3 is 2.12 bits per heavy atom. The van der Waals surface area contributed by atoms with Crippen LogP contribution >= 0.6 is 0 Å². The summed E-state index contributed by atoms with van der Waals surface area (Å²) in [5.74, 6) is 1.48. The van der Waals surface area contributed by atoms with Crippen molar-refractivity contribution in [3.63, 3.8) is 0 Å². The third kappa shape index (κ3) is 5.65. The minimum absolute atomic E-state index is 0.0593. The molecule has 40 heavy (non-hydrogen) atoms. The Morgan fingerprint density at radius 2 is 1.50 bits per heavy atom. The molecule has 6 nitrogen and oxygen atoms in total. The van der Waals surface area contributed by atoms with Crippen molar-refractivity contribution in [2.75, 3.05) is 19.6 Å². The molecule has 1 saturated heterocycles. The van der Waals surface area contributed by atoms with Gasteiger partial charge in [-0.2, -0.15) is 0 Å². The SMILES string of the molecule is CC(C)c1ccc(CN2CCc3nc4cc([C@H]5CCCN(Cc6ccc(C(C)C)cc6)C5)[nH]n4c(=O)c3C2)cc1. The van der Waals surface area contributed by atoms with E-state index in [2.05, 4.69) is 97.2 Å². The fourth-order valence-electron chi connectivity index (χ4n) is 6.39. The Bertz CT molecular complexity index is 1510. The van der Waals surface area contributed by atoms with Gasteiger partial charge in [0, 0.05) is 56.8 Å². The van der Waals surface area contributed by atoms with Crippen molar-refractivity contribution in [3.8, 4) is 0 Å². The standard InChI is InChI=1S/C34H43N5O/c1-23(2)27-11-7-25(8-12-27)19-37-16-5-6-29(21-37)32-18-33-35-31-15-17-38(22-30(31)34(40)39(33)36-32)20-26-9-13-28(14-10-26)24(3)4/h7-14,18,23-24,29,36H,5-6,15-17,19-22H2,1-4H3/t29-/m0/s1. The number of hydrogen-bond donors (Lipinski definition) is 1. The normalized spacial score (nSPS) is 18.6. The van der Waals surface area contributed by atoms with Gasteiger partial charge < -0.3 is 0 Å². The van der Waals surface area contributed by atoms with Crippen molar-refractivity contribution in [2.24, 2.45) is 0 Å². The molecule has 2 aliphatic heterocycles. The summed E-state index contributed by atoms with van der Waals surface area (Å²) in [6, 6.07) is 20.1. The number of likely N-dealkylation sites (tertiary alicyclic amines) is 1. The van der Waals surface area contributed by atoms with E-state index in [1.54, 1.807) is 4.52 Å². The van der Waals surface area contributed by atoms with E-state index in [0.29, 0.717) is 24.3 Å². The van der Waals surface area contributed by atoms with Gasteiger partial charge in [-0.15, -0.1) is 0 Å². The van der Waals surface area contributed by atoms with Crippen molar-refractivity contribution >= 4 is 5.65 Å². The lowest BCUT2D eigenvalue weighted by atomic mass is 9.94. The number of aromatic amines is 1. The second-order valence-corrected chi connectivity index (χ2v) is 12.6. The first-order chi connectivity index (χ1) is 19.3. The third-order valence-corrected chi connectivity index (χ3v) is 8.91. The topological polar surface area (TPSA) is 56.6 Å². The molecule has 0 radical (unpaired) electrons. The fraction of sp³-hybridized carbons (Fsp3) is 0.471. The van der Waals surface area contributed by atoms with Crippen LogP contribution in [0, 0.1) is 0 Å². The molecule has 1 fully saturated rings. The first-order valence-corrected chi connectivity index (χ1v) is 15.1. The van der Waals surface area contributed by atoms with Crippen molar-refractivity contribution in [3.05, 3.63) is 104 Å². The van der Waals surface area contributed by atoms with Gasteiger partial charge in [0.05, 0.1) is 11.3 Å². The lowest BCUT2D eigenvalue weighted by molar-refractivity contribution is 0.198. The summed E-state index contributed by atoms with van der Waals surface area (Å²) in [7, 11) is 0. The van der Waals surface area contributed by atoms with Gasteiger partial charge in [-0.1, -0.05) is 76.2 Å². The van der Waals surface area contributed by atoms with Crippen LogP contribution in [0.3, 0.4) is 0 Å². The highest BCUT2D eigenvalue weighted by atomic mass is 16.1. The molecule has 0 aliphatic carbocycles. The molecule has 0 spiro atoms. The first kappa shape index (κ1) is 27.0. The van der Waals surface area contributed by atoms with Crippen LogP contribution in [-0.4, -0.2) is 44.0 Å². The summed E-state index contributed by atoms with van der Waals surface area (Å²) >= 11 is 0. The van der Waals surface area contributed by atoms with E-state index < -0.39 is 0 Å². The molecule has 0 saturated carbocycles. The summed E-state index contributed by atoms with van der Waals surface area (Å²) in [6.07, 6.45) is 3.11. The lowest BCUT2D eigenvalue weighted by Gasteiger charge is -2.32. The summed E-state index contributed by atoms with van der Waals surface area (Å²) in [5.41, 5.74) is 9.18. The van der Waals surface area contributed by atoms with Crippen LogP contribution in [0.15, 0.2) is 59.4 Å². The van der Waals surface area contributed by atoms with Gasteiger partial charge in [0.25, 0.3) is 5.56 Å². The molecular formula is C34H43N5O. The largest absolute Gasteiger partial charge is 0.298 e. The maximum Gasteiger partial charge on any atom is 0.277 e. The monoisotopic (exact) mass is 537 g/mol. The number of benzene rings is 2.